The van der Waals surface area contributed by atoms with Crippen molar-refractivity contribution in [2.45, 2.75) is 50.6 Å². The Bertz CT molecular complexity index is 1180. The minimum absolute atomic E-state index is 0.00420. The molecule has 0 saturated carbocycles. The number of hydrogen-bond donors (Lipinski definition) is 1. The third-order valence-electron chi connectivity index (χ3n) is 5.55. The topological polar surface area (TPSA) is 97.2 Å². The Balaban J connectivity index is 1.63. The van der Waals surface area contributed by atoms with Crippen molar-refractivity contribution in [3.8, 4) is 10.7 Å². The van der Waals surface area contributed by atoms with Gasteiger partial charge in [0.1, 0.15) is 16.4 Å². The zero-order chi connectivity index (χ0) is 22.7. The number of aryl methyl sites for hydroxylation is 1. The molecule has 170 valence electrons. The van der Waals surface area contributed by atoms with Gasteiger partial charge in [0.05, 0.1) is 5.69 Å². The molecule has 4 heterocycles. The molecule has 4 rings (SSSR count). The van der Waals surface area contributed by atoms with Crippen LogP contribution in [0.5, 0.6) is 0 Å². The Morgan fingerprint density at radius 3 is 2.72 bits per heavy atom. The van der Waals surface area contributed by atoms with Gasteiger partial charge in [-0.15, -0.1) is 11.3 Å². The second kappa shape index (κ2) is 9.51. The number of hydrogen-bond acceptors (Lipinski definition) is 6. The maximum absolute atomic E-state index is 13.1. The molecule has 0 bridgehead atoms. The molecular weight excluding hydrogens is 446 g/mol. The molecule has 8 nitrogen and oxygen atoms in total. The van der Waals surface area contributed by atoms with Gasteiger partial charge in [0.2, 0.25) is 15.9 Å². The smallest absolute Gasteiger partial charge is 0.242 e. The summed E-state index contributed by atoms with van der Waals surface area (Å²) in [6.07, 6.45) is 7.97. The summed E-state index contributed by atoms with van der Waals surface area (Å²) in [5.74, 6) is -0.00420. The summed E-state index contributed by atoms with van der Waals surface area (Å²) < 4.78 is 30.7. The van der Waals surface area contributed by atoms with Crippen molar-refractivity contribution in [2.24, 2.45) is 0 Å². The molecule has 0 radical (unpaired) electrons. The standard InChI is InChI=1S/C22H27N5O3S2/c1-16-15-31-22(24-16)20-11-19(13-27(20)14-21(28)26-9-4-3-5-10-26)32(29,30)25-17(2)18-7-6-8-23-12-18/h6-8,11-13,15,17,25H,3-5,9-10,14H2,1-2H3/t17-/m0/s1. The summed E-state index contributed by atoms with van der Waals surface area (Å²) >= 11 is 1.43. The number of thiazole rings is 1. The Hall–Kier alpha value is -2.56. The first-order chi connectivity index (χ1) is 15.3. The highest BCUT2D eigenvalue weighted by Crippen LogP contribution is 2.29. The lowest BCUT2D eigenvalue weighted by molar-refractivity contribution is -0.132. The molecule has 1 saturated heterocycles. The van der Waals surface area contributed by atoms with Crippen molar-refractivity contribution in [2.75, 3.05) is 13.1 Å². The van der Waals surface area contributed by atoms with Crippen LogP contribution in [0.15, 0.2) is 47.1 Å². The zero-order valence-electron chi connectivity index (χ0n) is 18.2. The lowest BCUT2D eigenvalue weighted by Gasteiger charge is -2.27. The molecular formula is C22H27N5O3S2. The largest absolute Gasteiger partial charge is 0.341 e. The fraction of sp³-hybridized carbons (Fsp3) is 0.409. The minimum atomic E-state index is -3.82. The van der Waals surface area contributed by atoms with E-state index in [1.807, 2.05) is 23.3 Å². The lowest BCUT2D eigenvalue weighted by atomic mass is 10.1. The third kappa shape index (κ3) is 5.08. The number of nitrogens with one attached hydrogen (secondary N) is 1. The van der Waals surface area contributed by atoms with Crippen molar-refractivity contribution in [1.82, 2.24) is 24.2 Å². The van der Waals surface area contributed by atoms with Crippen molar-refractivity contribution < 1.29 is 13.2 Å². The second-order valence-electron chi connectivity index (χ2n) is 8.05. The van der Waals surface area contributed by atoms with E-state index in [4.69, 9.17) is 0 Å². The highest BCUT2D eigenvalue weighted by atomic mass is 32.2. The summed E-state index contributed by atoms with van der Waals surface area (Å²) in [6, 6.07) is 4.75. The summed E-state index contributed by atoms with van der Waals surface area (Å²) in [5, 5.41) is 2.60. The van der Waals surface area contributed by atoms with Crippen molar-refractivity contribution >= 4 is 27.3 Å². The fourth-order valence-corrected chi connectivity index (χ4v) is 5.90. The molecule has 1 atom stereocenters. The van der Waals surface area contributed by atoms with Crippen LogP contribution in [0.1, 0.15) is 43.5 Å². The number of rotatable bonds is 7. The highest BCUT2D eigenvalue weighted by molar-refractivity contribution is 7.89. The van der Waals surface area contributed by atoms with Gasteiger partial charge in [-0.3, -0.25) is 9.78 Å². The number of carbonyl (C=O) groups is 1. The first-order valence-corrected chi connectivity index (χ1v) is 13.0. The Kier molecular flexibility index (Phi) is 6.73. The molecule has 0 aliphatic carbocycles. The van der Waals surface area contributed by atoms with E-state index in [2.05, 4.69) is 14.7 Å². The maximum Gasteiger partial charge on any atom is 0.242 e. The van der Waals surface area contributed by atoms with E-state index in [0.717, 1.165) is 43.6 Å². The number of piperidine rings is 1. The first-order valence-electron chi connectivity index (χ1n) is 10.7. The number of sulfonamides is 1. The fourth-order valence-electron chi connectivity index (χ4n) is 3.80. The van der Waals surface area contributed by atoms with Crippen molar-refractivity contribution in [3.63, 3.8) is 0 Å². The number of likely N-dealkylation sites (tertiary alicyclic amines) is 1. The van der Waals surface area contributed by atoms with Gasteiger partial charge >= 0.3 is 0 Å². The quantitative estimate of drug-likeness (QED) is 0.567. The normalized spacial score (nSPS) is 15.6. The van der Waals surface area contributed by atoms with Crippen LogP contribution in [-0.2, 0) is 21.4 Å². The van der Waals surface area contributed by atoms with Crippen LogP contribution in [0.25, 0.3) is 10.7 Å². The molecule has 1 fully saturated rings. The van der Waals surface area contributed by atoms with Gasteiger partial charge in [0, 0.05) is 48.8 Å². The molecule has 1 N–H and O–H groups in total. The summed E-state index contributed by atoms with van der Waals surface area (Å²) in [6.45, 7) is 5.25. The monoisotopic (exact) mass is 473 g/mol. The molecule has 32 heavy (non-hydrogen) atoms. The van der Waals surface area contributed by atoms with E-state index in [-0.39, 0.29) is 17.3 Å². The van der Waals surface area contributed by atoms with E-state index in [1.54, 1.807) is 36.0 Å². The van der Waals surface area contributed by atoms with E-state index >= 15 is 0 Å². The van der Waals surface area contributed by atoms with Crippen LogP contribution in [0.2, 0.25) is 0 Å². The average Bonchev–Trinajstić information content (AvgIpc) is 3.41. The second-order valence-corrected chi connectivity index (χ2v) is 10.6. The number of amides is 1. The van der Waals surface area contributed by atoms with E-state index < -0.39 is 16.1 Å². The van der Waals surface area contributed by atoms with Gasteiger partial charge in [-0.2, -0.15) is 0 Å². The van der Waals surface area contributed by atoms with Gasteiger partial charge in [0.15, 0.2) is 0 Å². The van der Waals surface area contributed by atoms with E-state index in [9.17, 15) is 13.2 Å². The predicted octanol–water partition coefficient (Wildman–Crippen LogP) is 3.37. The zero-order valence-corrected chi connectivity index (χ0v) is 19.8. The third-order valence-corrected chi connectivity index (χ3v) is 8.04. The molecule has 1 aliphatic rings. The maximum atomic E-state index is 13.1. The lowest BCUT2D eigenvalue weighted by Crippen LogP contribution is -2.37. The molecule has 3 aromatic heterocycles. The molecule has 0 spiro atoms. The molecule has 10 heteroatoms. The molecule has 1 amide bonds. The van der Waals surface area contributed by atoms with Crippen LogP contribution >= 0.6 is 11.3 Å². The summed E-state index contributed by atoms with van der Waals surface area (Å²) in [7, 11) is -3.82. The Morgan fingerprint density at radius 1 is 1.28 bits per heavy atom. The van der Waals surface area contributed by atoms with Gasteiger partial charge < -0.3 is 9.47 Å². The molecule has 0 unspecified atom stereocenters. The molecule has 3 aromatic rings. The Morgan fingerprint density at radius 2 is 2.06 bits per heavy atom. The Labute approximate surface area is 192 Å². The number of pyridine rings is 1. The van der Waals surface area contributed by atoms with Crippen LogP contribution in [0, 0.1) is 6.92 Å². The van der Waals surface area contributed by atoms with Gasteiger partial charge in [-0.1, -0.05) is 6.07 Å². The molecule has 1 aliphatic heterocycles. The average molecular weight is 474 g/mol. The predicted molar refractivity (Wildman–Crippen MR) is 124 cm³/mol. The first kappa shape index (κ1) is 22.6. The van der Waals surface area contributed by atoms with E-state index in [1.165, 1.54) is 17.5 Å². The van der Waals surface area contributed by atoms with Gasteiger partial charge in [-0.25, -0.2) is 18.1 Å². The summed E-state index contributed by atoms with van der Waals surface area (Å²) in [5.41, 5.74) is 2.25. The minimum Gasteiger partial charge on any atom is -0.341 e. The number of aromatic nitrogens is 3. The highest BCUT2D eigenvalue weighted by Gasteiger charge is 2.25. The van der Waals surface area contributed by atoms with E-state index in [0.29, 0.717) is 10.7 Å². The van der Waals surface area contributed by atoms with Crippen LogP contribution in [-0.4, -0.2) is 46.8 Å². The van der Waals surface area contributed by atoms with Crippen molar-refractivity contribution in [1.29, 1.82) is 0 Å². The van der Waals surface area contributed by atoms with Crippen molar-refractivity contribution in [3.05, 3.63) is 53.4 Å². The van der Waals surface area contributed by atoms with Gasteiger partial charge in [-0.05, 0) is 50.8 Å². The number of nitrogens with zero attached hydrogens (tertiary/aromatic N) is 4. The summed E-state index contributed by atoms with van der Waals surface area (Å²) in [4.78, 5) is 23.4. The van der Waals surface area contributed by atoms with Crippen LogP contribution in [0.3, 0.4) is 0 Å². The van der Waals surface area contributed by atoms with Crippen LogP contribution in [0.4, 0.5) is 0 Å². The SMILES string of the molecule is Cc1csc(-c2cc(S(=O)(=O)N[C@@H](C)c3cccnc3)cn2CC(=O)N2CCCCC2)n1. The molecule has 0 aromatic carbocycles. The van der Waals surface area contributed by atoms with Crippen LogP contribution < -0.4 is 4.72 Å². The number of carbonyl (C=O) groups excluding carboxylic acids is 1. The van der Waals surface area contributed by atoms with Gasteiger partial charge in [0.25, 0.3) is 0 Å².